The van der Waals surface area contributed by atoms with Crippen LogP contribution in [-0.4, -0.2) is 50.0 Å². The Morgan fingerprint density at radius 1 is 1.05 bits per heavy atom. The van der Waals surface area contributed by atoms with Crippen LogP contribution in [0.3, 0.4) is 0 Å². The van der Waals surface area contributed by atoms with Crippen molar-refractivity contribution in [2.75, 3.05) is 17.1 Å². The lowest BCUT2D eigenvalue weighted by atomic mass is 9.95. The van der Waals surface area contributed by atoms with Crippen molar-refractivity contribution < 1.29 is 18.0 Å². The van der Waals surface area contributed by atoms with Gasteiger partial charge in [0.2, 0.25) is 21.8 Å². The Bertz CT molecular complexity index is 1220. The van der Waals surface area contributed by atoms with Gasteiger partial charge in [-0.2, -0.15) is 0 Å². The lowest BCUT2D eigenvalue weighted by Gasteiger charge is -2.31. The highest BCUT2D eigenvalue weighted by molar-refractivity contribution is 7.92. The van der Waals surface area contributed by atoms with Gasteiger partial charge in [0.05, 0.1) is 11.9 Å². The predicted molar refractivity (Wildman–Crippen MR) is 154 cm³/mol. The molecular formula is C28H37Cl2N3O4S. The van der Waals surface area contributed by atoms with Gasteiger partial charge in [0.1, 0.15) is 6.04 Å². The highest BCUT2D eigenvalue weighted by Crippen LogP contribution is 2.28. The first kappa shape index (κ1) is 30.3. The standard InChI is InChI=1S/C28H37Cl2N3O4S/c1-20-25(30)11-7-12-26(20)33(38(3,36)37)18-8-13-27(34)32(19-22-14-16-23(29)17-15-22)21(2)28(35)31-24-9-5-4-6-10-24/h7,11-12,14-17,21,24H,4-6,8-10,13,18-19H2,1-3H3,(H,31,35)/t21-/m1/s1. The maximum Gasteiger partial charge on any atom is 0.242 e. The Morgan fingerprint density at radius 2 is 1.71 bits per heavy atom. The van der Waals surface area contributed by atoms with Crippen molar-refractivity contribution in [2.24, 2.45) is 0 Å². The van der Waals surface area contributed by atoms with Gasteiger partial charge in [0.15, 0.2) is 0 Å². The zero-order chi connectivity index (χ0) is 27.9. The Kier molecular flexibility index (Phi) is 10.9. The minimum absolute atomic E-state index is 0.0836. The van der Waals surface area contributed by atoms with E-state index in [4.69, 9.17) is 23.2 Å². The highest BCUT2D eigenvalue weighted by Gasteiger charge is 2.28. The first-order chi connectivity index (χ1) is 18.0. The monoisotopic (exact) mass is 581 g/mol. The van der Waals surface area contributed by atoms with E-state index in [0.717, 1.165) is 37.5 Å². The summed E-state index contributed by atoms with van der Waals surface area (Å²) in [6, 6.07) is 11.7. The van der Waals surface area contributed by atoms with Crippen LogP contribution in [0.5, 0.6) is 0 Å². The average molecular weight is 583 g/mol. The topological polar surface area (TPSA) is 86.8 Å². The number of benzene rings is 2. The molecule has 0 spiro atoms. The summed E-state index contributed by atoms with van der Waals surface area (Å²) >= 11 is 12.3. The molecule has 0 aliphatic heterocycles. The van der Waals surface area contributed by atoms with Crippen molar-refractivity contribution in [2.45, 2.75) is 77.4 Å². The van der Waals surface area contributed by atoms with Gasteiger partial charge in [-0.15, -0.1) is 0 Å². The van der Waals surface area contributed by atoms with Crippen LogP contribution < -0.4 is 9.62 Å². The summed E-state index contributed by atoms with van der Waals surface area (Å²) in [5.74, 6) is -0.394. The first-order valence-corrected chi connectivity index (χ1v) is 15.6. The molecule has 0 unspecified atom stereocenters. The molecule has 0 bridgehead atoms. The number of hydrogen-bond acceptors (Lipinski definition) is 4. The molecule has 0 aromatic heterocycles. The van der Waals surface area contributed by atoms with Gasteiger partial charge >= 0.3 is 0 Å². The van der Waals surface area contributed by atoms with Crippen LogP contribution in [0.25, 0.3) is 0 Å². The van der Waals surface area contributed by atoms with Gasteiger partial charge in [0.25, 0.3) is 0 Å². The SMILES string of the molecule is Cc1c(Cl)cccc1N(CCCC(=O)N(Cc1ccc(Cl)cc1)[C@H](C)C(=O)NC1CCCCC1)S(C)(=O)=O. The van der Waals surface area contributed by atoms with E-state index in [-0.39, 0.29) is 43.8 Å². The number of halogens is 2. The molecule has 208 valence electrons. The van der Waals surface area contributed by atoms with Crippen molar-refractivity contribution in [3.8, 4) is 0 Å². The summed E-state index contributed by atoms with van der Waals surface area (Å²) in [6.45, 7) is 3.87. The number of anilines is 1. The molecule has 3 rings (SSSR count). The van der Waals surface area contributed by atoms with Crippen molar-refractivity contribution in [1.29, 1.82) is 0 Å². The summed E-state index contributed by atoms with van der Waals surface area (Å²) in [5, 5.41) is 4.18. The molecule has 38 heavy (non-hydrogen) atoms. The molecule has 1 fully saturated rings. The van der Waals surface area contributed by atoms with Gasteiger partial charge < -0.3 is 10.2 Å². The molecule has 2 aromatic rings. The van der Waals surface area contributed by atoms with Crippen LogP contribution in [-0.2, 0) is 26.2 Å². The van der Waals surface area contributed by atoms with Crippen molar-refractivity contribution in [3.63, 3.8) is 0 Å². The number of nitrogens with one attached hydrogen (secondary N) is 1. The minimum Gasteiger partial charge on any atom is -0.352 e. The third-order valence-corrected chi connectivity index (χ3v) is 8.89. The maximum atomic E-state index is 13.5. The van der Waals surface area contributed by atoms with E-state index >= 15 is 0 Å². The molecule has 1 atom stereocenters. The number of sulfonamides is 1. The van der Waals surface area contributed by atoms with Crippen LogP contribution in [0.2, 0.25) is 10.0 Å². The second-order valence-electron chi connectivity index (χ2n) is 9.99. The van der Waals surface area contributed by atoms with Gasteiger partial charge in [-0.05, 0) is 68.5 Å². The van der Waals surface area contributed by atoms with Crippen LogP contribution in [0.1, 0.15) is 63.0 Å². The van der Waals surface area contributed by atoms with Gasteiger partial charge in [0, 0.05) is 35.6 Å². The second-order valence-corrected chi connectivity index (χ2v) is 12.7. The molecule has 1 saturated carbocycles. The molecule has 1 aliphatic rings. The van der Waals surface area contributed by atoms with Crippen LogP contribution in [0.4, 0.5) is 5.69 Å². The summed E-state index contributed by atoms with van der Waals surface area (Å²) in [4.78, 5) is 28.2. The number of carbonyl (C=O) groups is 2. The van der Waals surface area contributed by atoms with E-state index in [9.17, 15) is 18.0 Å². The third kappa shape index (κ3) is 8.35. The van der Waals surface area contributed by atoms with Gasteiger partial charge in [-0.1, -0.05) is 60.7 Å². The quantitative estimate of drug-likeness (QED) is 0.368. The lowest BCUT2D eigenvalue weighted by Crippen LogP contribution is -2.50. The lowest BCUT2D eigenvalue weighted by molar-refractivity contribution is -0.141. The van der Waals surface area contributed by atoms with Crippen molar-refractivity contribution in [3.05, 3.63) is 63.6 Å². The molecule has 10 heteroatoms. The summed E-state index contributed by atoms with van der Waals surface area (Å²) in [5.41, 5.74) is 2.00. The maximum absolute atomic E-state index is 13.5. The Balaban J connectivity index is 1.73. The fourth-order valence-electron chi connectivity index (χ4n) is 4.79. The molecule has 7 nitrogen and oxygen atoms in total. The number of hydrogen-bond donors (Lipinski definition) is 1. The number of carbonyl (C=O) groups excluding carboxylic acids is 2. The van der Waals surface area contributed by atoms with Crippen molar-refractivity contribution in [1.82, 2.24) is 10.2 Å². The minimum atomic E-state index is -3.60. The van der Waals surface area contributed by atoms with Gasteiger partial charge in [-0.3, -0.25) is 13.9 Å². The van der Waals surface area contributed by atoms with E-state index in [1.54, 1.807) is 49.1 Å². The van der Waals surface area contributed by atoms with Crippen molar-refractivity contribution >= 4 is 50.7 Å². The van der Waals surface area contributed by atoms with E-state index in [1.165, 1.54) is 10.7 Å². The Labute approximate surface area is 236 Å². The molecule has 0 radical (unpaired) electrons. The zero-order valence-corrected chi connectivity index (χ0v) is 24.6. The molecule has 0 heterocycles. The average Bonchev–Trinajstić information content (AvgIpc) is 2.87. The molecular weight excluding hydrogens is 545 g/mol. The number of nitrogens with zero attached hydrogens (tertiary/aromatic N) is 2. The molecule has 2 amide bonds. The van der Waals surface area contributed by atoms with E-state index < -0.39 is 16.1 Å². The van der Waals surface area contributed by atoms with Crippen LogP contribution >= 0.6 is 23.2 Å². The highest BCUT2D eigenvalue weighted by atomic mass is 35.5. The summed E-state index contributed by atoms with van der Waals surface area (Å²) in [7, 11) is -3.60. The van der Waals surface area contributed by atoms with E-state index in [1.807, 2.05) is 12.1 Å². The fraction of sp³-hybridized carbons (Fsp3) is 0.500. The zero-order valence-electron chi connectivity index (χ0n) is 22.3. The molecule has 0 saturated heterocycles. The summed E-state index contributed by atoms with van der Waals surface area (Å²) in [6.07, 6.45) is 6.78. The Hall–Kier alpha value is -2.29. The smallest absolute Gasteiger partial charge is 0.242 e. The Morgan fingerprint density at radius 3 is 2.34 bits per heavy atom. The first-order valence-electron chi connectivity index (χ1n) is 13.0. The van der Waals surface area contributed by atoms with E-state index in [0.29, 0.717) is 21.3 Å². The van der Waals surface area contributed by atoms with Gasteiger partial charge in [-0.25, -0.2) is 8.42 Å². The molecule has 1 aliphatic carbocycles. The van der Waals surface area contributed by atoms with E-state index in [2.05, 4.69) is 5.32 Å². The third-order valence-electron chi connectivity index (χ3n) is 7.04. The van der Waals surface area contributed by atoms with Crippen LogP contribution in [0.15, 0.2) is 42.5 Å². The summed E-state index contributed by atoms with van der Waals surface area (Å²) < 4.78 is 26.5. The molecule has 1 N–H and O–H groups in total. The normalized spacial score (nSPS) is 15.1. The number of rotatable bonds is 11. The van der Waals surface area contributed by atoms with Crippen LogP contribution in [0, 0.1) is 6.92 Å². The fourth-order valence-corrected chi connectivity index (χ4v) is 6.10. The largest absolute Gasteiger partial charge is 0.352 e. The predicted octanol–water partition coefficient (Wildman–Crippen LogP) is 5.71. The molecule has 2 aromatic carbocycles. The second kappa shape index (κ2) is 13.7. The number of amides is 2.